The number of nitrogens with zero attached hydrogens (tertiary/aromatic N) is 7. The van der Waals surface area contributed by atoms with Crippen LogP contribution in [-0.2, 0) is 27.9 Å². The minimum atomic E-state index is -1.09. The monoisotopic (exact) mass is 780 g/mol. The number of imidazole rings is 1. The average Bonchev–Trinajstić information content (AvgIpc) is 3.72. The van der Waals surface area contributed by atoms with E-state index in [1.807, 2.05) is 7.05 Å². The van der Waals surface area contributed by atoms with Crippen molar-refractivity contribution in [3.05, 3.63) is 76.5 Å². The molecule has 4 aromatic rings. The number of amides is 4. The molecule has 0 spiro atoms. The number of piperidine rings is 1. The molecule has 0 atom stereocenters. The number of carbonyl (C=O) groups excluding carboxylic acids is 4. The van der Waals surface area contributed by atoms with Gasteiger partial charge in [-0.05, 0) is 31.2 Å². The van der Waals surface area contributed by atoms with Crippen molar-refractivity contribution in [2.24, 2.45) is 18.7 Å². The third kappa shape index (κ3) is 8.26. The SMILES string of the molecule is COCCn1ncc(-c2ccc(-c3cnc(C(=O)Nc4ccc(C(=O)N5CCN(C(=O)C6CC[N+](C)(CC(N)=O)CC6)CC5)c(Cl)c4)n3C)c(F)c2F)c1C. The lowest BCUT2D eigenvalue weighted by Crippen LogP contribution is -2.57. The van der Waals surface area contributed by atoms with Gasteiger partial charge in [-0.25, -0.2) is 13.8 Å². The number of halogens is 3. The van der Waals surface area contributed by atoms with Gasteiger partial charge in [0.25, 0.3) is 17.7 Å². The molecule has 0 radical (unpaired) electrons. The fourth-order valence-electron chi connectivity index (χ4n) is 7.42. The Morgan fingerprint density at radius 3 is 2.29 bits per heavy atom. The zero-order chi connectivity index (χ0) is 39.6. The second kappa shape index (κ2) is 16.3. The summed E-state index contributed by atoms with van der Waals surface area (Å²) in [6, 6.07) is 7.43. The van der Waals surface area contributed by atoms with Gasteiger partial charge in [0.05, 0.1) is 62.0 Å². The third-order valence-corrected chi connectivity index (χ3v) is 11.0. The maximum absolute atomic E-state index is 15.5. The molecule has 0 saturated carbocycles. The molecule has 0 unspecified atom stereocenters. The Morgan fingerprint density at radius 1 is 0.982 bits per heavy atom. The summed E-state index contributed by atoms with van der Waals surface area (Å²) in [5, 5.41) is 7.09. The van der Waals surface area contributed by atoms with Crippen LogP contribution in [-0.4, -0.2) is 124 Å². The highest BCUT2D eigenvalue weighted by Crippen LogP contribution is 2.33. The van der Waals surface area contributed by atoms with Crippen LogP contribution in [0.5, 0.6) is 0 Å². The molecule has 3 N–H and O–H groups in total. The summed E-state index contributed by atoms with van der Waals surface area (Å²) in [6.07, 6.45) is 4.13. The molecule has 4 heterocycles. The first-order chi connectivity index (χ1) is 26.2. The van der Waals surface area contributed by atoms with Crippen LogP contribution in [0.1, 0.15) is 39.5 Å². The van der Waals surface area contributed by atoms with Crippen LogP contribution in [0, 0.1) is 24.5 Å². The largest absolute Gasteiger partial charge is 0.383 e. The van der Waals surface area contributed by atoms with Crippen molar-refractivity contribution in [1.29, 1.82) is 0 Å². The predicted molar refractivity (Wildman–Crippen MR) is 201 cm³/mol. The molecule has 0 bridgehead atoms. The summed E-state index contributed by atoms with van der Waals surface area (Å²) in [5.41, 5.74) is 7.22. The summed E-state index contributed by atoms with van der Waals surface area (Å²) < 4.78 is 39.7. The van der Waals surface area contributed by atoms with Gasteiger partial charge in [0.2, 0.25) is 5.91 Å². The van der Waals surface area contributed by atoms with Crippen molar-refractivity contribution in [2.45, 2.75) is 26.3 Å². The first kappa shape index (κ1) is 39.5. The second-order valence-electron chi connectivity index (χ2n) is 14.4. The topological polar surface area (TPSA) is 158 Å². The van der Waals surface area contributed by atoms with Crippen LogP contribution < -0.4 is 11.1 Å². The van der Waals surface area contributed by atoms with E-state index in [1.54, 1.807) is 34.6 Å². The van der Waals surface area contributed by atoms with Gasteiger partial charge in [0, 0.05) is 87.2 Å². The minimum Gasteiger partial charge on any atom is -0.383 e. The van der Waals surface area contributed by atoms with Crippen molar-refractivity contribution in [3.63, 3.8) is 0 Å². The summed E-state index contributed by atoms with van der Waals surface area (Å²) in [5.74, 6) is -3.53. The van der Waals surface area contributed by atoms with Gasteiger partial charge in [-0.15, -0.1) is 0 Å². The molecule has 2 aliphatic heterocycles. The van der Waals surface area contributed by atoms with Gasteiger partial charge in [0.1, 0.15) is 0 Å². The van der Waals surface area contributed by atoms with Crippen molar-refractivity contribution < 1.29 is 37.2 Å². The van der Waals surface area contributed by atoms with E-state index < -0.39 is 17.5 Å². The van der Waals surface area contributed by atoms with E-state index in [9.17, 15) is 19.2 Å². The van der Waals surface area contributed by atoms with Crippen LogP contribution in [0.15, 0.2) is 42.7 Å². The zero-order valence-corrected chi connectivity index (χ0v) is 32.0. The molecule has 2 aromatic heterocycles. The van der Waals surface area contributed by atoms with Crippen molar-refractivity contribution in [1.82, 2.24) is 29.1 Å². The predicted octanol–water partition coefficient (Wildman–Crippen LogP) is 3.72. The maximum Gasteiger partial charge on any atom is 0.291 e. The Hall–Kier alpha value is -5.19. The Kier molecular flexibility index (Phi) is 11.7. The van der Waals surface area contributed by atoms with Crippen LogP contribution in [0.4, 0.5) is 14.5 Å². The number of aromatic nitrogens is 4. The molecular weight excluding hydrogens is 736 g/mol. The smallest absolute Gasteiger partial charge is 0.291 e. The van der Waals surface area contributed by atoms with E-state index in [1.165, 1.54) is 48.3 Å². The van der Waals surface area contributed by atoms with E-state index in [4.69, 9.17) is 22.1 Å². The van der Waals surface area contributed by atoms with Gasteiger partial charge in [0.15, 0.2) is 24.0 Å². The normalized spacial score (nSPS) is 18.7. The number of hydrogen-bond acceptors (Lipinski definition) is 7. The molecular formula is C38H45ClF2N9O5+. The van der Waals surface area contributed by atoms with Gasteiger partial charge in [-0.1, -0.05) is 17.7 Å². The number of carbonyl (C=O) groups is 4. The number of piperazine rings is 1. The quantitative estimate of drug-likeness (QED) is 0.220. The fourth-order valence-corrected chi connectivity index (χ4v) is 7.69. The molecule has 55 heavy (non-hydrogen) atoms. The molecule has 292 valence electrons. The van der Waals surface area contributed by atoms with E-state index in [2.05, 4.69) is 15.4 Å². The lowest BCUT2D eigenvalue weighted by molar-refractivity contribution is -0.907. The highest BCUT2D eigenvalue weighted by Gasteiger charge is 2.37. The number of methoxy groups -OCH3 is 1. The summed E-state index contributed by atoms with van der Waals surface area (Å²) >= 11 is 6.54. The van der Waals surface area contributed by atoms with Crippen molar-refractivity contribution in [2.75, 3.05) is 71.9 Å². The van der Waals surface area contributed by atoms with Gasteiger partial charge >= 0.3 is 0 Å². The Labute approximate surface area is 322 Å². The zero-order valence-electron chi connectivity index (χ0n) is 31.3. The number of nitrogens with one attached hydrogen (secondary N) is 1. The number of primary amides is 1. The lowest BCUT2D eigenvalue weighted by Gasteiger charge is -2.41. The number of hydrogen-bond donors (Lipinski definition) is 2. The first-order valence-electron chi connectivity index (χ1n) is 18.0. The van der Waals surface area contributed by atoms with Crippen LogP contribution in [0.25, 0.3) is 22.4 Å². The number of ether oxygens (including phenoxy) is 1. The number of likely N-dealkylation sites (tertiary alicyclic amines) is 1. The van der Waals surface area contributed by atoms with Crippen LogP contribution in [0.2, 0.25) is 5.02 Å². The number of rotatable bonds is 11. The molecule has 17 heteroatoms. The average molecular weight is 781 g/mol. The van der Waals surface area contributed by atoms with E-state index in [0.717, 1.165) is 0 Å². The molecule has 4 amide bonds. The third-order valence-electron chi connectivity index (χ3n) is 10.7. The Bertz CT molecular complexity index is 2120. The highest BCUT2D eigenvalue weighted by molar-refractivity contribution is 6.34. The fraction of sp³-hybridized carbons (Fsp3) is 0.421. The van der Waals surface area contributed by atoms with Gasteiger partial charge < -0.3 is 34.6 Å². The number of quaternary nitrogens is 1. The Morgan fingerprint density at radius 2 is 1.64 bits per heavy atom. The number of anilines is 1. The number of likely N-dealkylation sites (N-methyl/N-ethyl adjacent to an activating group) is 1. The number of nitrogens with two attached hydrogens (primary N) is 1. The molecule has 0 aliphatic carbocycles. The molecule has 2 aliphatic rings. The number of benzene rings is 2. The maximum atomic E-state index is 15.5. The summed E-state index contributed by atoms with van der Waals surface area (Å²) in [6.45, 7) is 5.80. The summed E-state index contributed by atoms with van der Waals surface area (Å²) in [4.78, 5) is 59.0. The van der Waals surface area contributed by atoms with Crippen LogP contribution in [0.3, 0.4) is 0 Å². The first-order valence-corrected chi connectivity index (χ1v) is 18.4. The molecule has 14 nitrogen and oxygen atoms in total. The van der Waals surface area contributed by atoms with Crippen molar-refractivity contribution >= 4 is 40.9 Å². The van der Waals surface area contributed by atoms with Gasteiger partial charge in [-0.2, -0.15) is 5.10 Å². The van der Waals surface area contributed by atoms with E-state index in [0.29, 0.717) is 86.7 Å². The summed E-state index contributed by atoms with van der Waals surface area (Å²) in [7, 11) is 5.07. The molecule has 2 aromatic carbocycles. The van der Waals surface area contributed by atoms with E-state index >= 15 is 8.78 Å². The molecule has 2 fully saturated rings. The van der Waals surface area contributed by atoms with E-state index in [-0.39, 0.29) is 63.4 Å². The standard InChI is InChI=1S/C38H44ClF2N9O5/c1-23-29(20-44-49(23)15-18-55-4)26-7-8-28(34(41)33(26)40)31-21-43-35(46(31)2)36(52)45-25-5-6-27(30(39)19-25)38(54)48-13-11-47(12-14-48)37(53)24-9-16-50(3,17-10-24)22-32(42)51/h5-8,19-21,24H,9-18,22H2,1-4H3,(H2-,42,45,51,52,54)/p+1. The van der Waals surface area contributed by atoms with Gasteiger partial charge in [-0.3, -0.25) is 23.9 Å². The Balaban J connectivity index is 1.06. The highest BCUT2D eigenvalue weighted by atomic mass is 35.5. The molecule has 2 saturated heterocycles. The van der Waals surface area contributed by atoms with Crippen molar-refractivity contribution in [3.8, 4) is 22.4 Å². The minimum absolute atomic E-state index is 0.0563. The lowest BCUT2D eigenvalue weighted by atomic mass is 9.93. The second-order valence-corrected chi connectivity index (χ2v) is 14.8. The van der Waals surface area contributed by atoms with Crippen LogP contribution >= 0.6 is 11.6 Å². The molecule has 6 rings (SSSR count).